The molecule has 0 saturated carbocycles. The molecule has 0 aliphatic heterocycles. The summed E-state index contributed by atoms with van der Waals surface area (Å²) in [6.45, 7) is 0.735. The van der Waals surface area contributed by atoms with E-state index < -0.39 is 0 Å². The van der Waals surface area contributed by atoms with E-state index in [1.54, 1.807) is 43.6 Å². The number of rotatable bonds is 7. The minimum atomic E-state index is -0.230. The van der Waals surface area contributed by atoms with E-state index in [2.05, 4.69) is 27.8 Å². The number of nitrogens with one attached hydrogen (secondary N) is 2. The third kappa shape index (κ3) is 5.07. The Hall–Kier alpha value is -3.83. The number of pyridine rings is 1. The van der Waals surface area contributed by atoms with Gasteiger partial charge in [0.2, 0.25) is 0 Å². The van der Waals surface area contributed by atoms with Gasteiger partial charge >= 0.3 is 0 Å². The second-order valence-corrected chi connectivity index (χ2v) is 7.53. The van der Waals surface area contributed by atoms with Crippen molar-refractivity contribution in [2.45, 2.75) is 6.54 Å². The van der Waals surface area contributed by atoms with E-state index in [0.29, 0.717) is 27.7 Å². The predicted molar refractivity (Wildman–Crippen MR) is 129 cm³/mol. The van der Waals surface area contributed by atoms with Crippen molar-refractivity contribution in [2.75, 3.05) is 17.7 Å². The number of anilines is 2. The quantitative estimate of drug-likeness (QED) is 0.353. The molecule has 1 aromatic heterocycles. The summed E-state index contributed by atoms with van der Waals surface area (Å²) in [6, 6.07) is 26.5. The topological polar surface area (TPSA) is 63.2 Å². The number of hydrogen-bond donors (Lipinski definition) is 2. The Kier molecular flexibility index (Phi) is 6.68. The molecule has 1 heterocycles. The molecule has 0 fully saturated rings. The van der Waals surface area contributed by atoms with E-state index in [0.717, 1.165) is 17.8 Å². The fourth-order valence-corrected chi connectivity index (χ4v) is 3.51. The van der Waals surface area contributed by atoms with Crippen LogP contribution in [0.5, 0.6) is 5.75 Å². The lowest BCUT2D eigenvalue weighted by Crippen LogP contribution is -2.12. The Labute approximate surface area is 192 Å². The van der Waals surface area contributed by atoms with Gasteiger partial charge < -0.3 is 15.4 Å². The van der Waals surface area contributed by atoms with Crippen molar-refractivity contribution in [3.63, 3.8) is 0 Å². The second kappa shape index (κ2) is 9.98. The first-order chi connectivity index (χ1) is 15.6. The summed E-state index contributed by atoms with van der Waals surface area (Å²) in [4.78, 5) is 17.1. The molecule has 5 nitrogen and oxygen atoms in total. The molecule has 0 bridgehead atoms. The van der Waals surface area contributed by atoms with Gasteiger partial charge in [-0.15, -0.1) is 0 Å². The molecule has 6 heteroatoms. The lowest BCUT2D eigenvalue weighted by atomic mass is 10.1. The van der Waals surface area contributed by atoms with Gasteiger partial charge in [0.05, 0.1) is 17.8 Å². The molecule has 160 valence electrons. The van der Waals surface area contributed by atoms with Gasteiger partial charge in [0.25, 0.3) is 5.91 Å². The Morgan fingerprint density at radius 3 is 2.41 bits per heavy atom. The zero-order valence-electron chi connectivity index (χ0n) is 17.5. The molecule has 2 N–H and O–H groups in total. The van der Waals surface area contributed by atoms with Crippen LogP contribution in [0.2, 0.25) is 5.02 Å². The van der Waals surface area contributed by atoms with E-state index in [-0.39, 0.29) is 5.91 Å². The minimum absolute atomic E-state index is 0.230. The highest BCUT2D eigenvalue weighted by atomic mass is 35.5. The summed E-state index contributed by atoms with van der Waals surface area (Å²) >= 11 is 6.26. The number of carbonyl (C=O) groups excluding carboxylic acids is 1. The fourth-order valence-electron chi connectivity index (χ4n) is 3.29. The number of carbonyl (C=O) groups is 1. The number of benzene rings is 3. The van der Waals surface area contributed by atoms with Gasteiger partial charge in [0.1, 0.15) is 5.75 Å². The number of nitrogens with zero attached hydrogens (tertiary/aromatic N) is 1. The molecule has 0 aliphatic carbocycles. The number of aromatic nitrogens is 1. The van der Waals surface area contributed by atoms with Crippen LogP contribution in [0.1, 0.15) is 15.9 Å². The van der Waals surface area contributed by atoms with E-state index in [1.165, 1.54) is 5.56 Å². The van der Waals surface area contributed by atoms with Crippen molar-refractivity contribution in [3.05, 3.63) is 107 Å². The minimum Gasteiger partial charge on any atom is -0.496 e. The van der Waals surface area contributed by atoms with E-state index in [1.807, 2.05) is 42.5 Å². The highest BCUT2D eigenvalue weighted by Crippen LogP contribution is 2.33. The first kappa shape index (κ1) is 21.4. The van der Waals surface area contributed by atoms with Crippen LogP contribution in [0.4, 0.5) is 11.4 Å². The van der Waals surface area contributed by atoms with Crippen LogP contribution in [-0.2, 0) is 6.54 Å². The van der Waals surface area contributed by atoms with Crippen LogP contribution in [0.15, 0.2) is 91.1 Å². The van der Waals surface area contributed by atoms with E-state index in [4.69, 9.17) is 16.3 Å². The highest BCUT2D eigenvalue weighted by Gasteiger charge is 2.14. The first-order valence-corrected chi connectivity index (χ1v) is 10.5. The van der Waals surface area contributed by atoms with Crippen LogP contribution in [0.3, 0.4) is 0 Å². The van der Waals surface area contributed by atoms with Crippen molar-refractivity contribution < 1.29 is 9.53 Å². The van der Waals surface area contributed by atoms with E-state index >= 15 is 0 Å². The molecule has 1 amide bonds. The summed E-state index contributed by atoms with van der Waals surface area (Å²) in [5.74, 6) is 0.297. The highest BCUT2D eigenvalue weighted by molar-refractivity contribution is 6.33. The van der Waals surface area contributed by atoms with Crippen molar-refractivity contribution in [1.29, 1.82) is 0 Å². The summed E-state index contributed by atoms with van der Waals surface area (Å²) in [5, 5.41) is 6.80. The average molecular weight is 444 g/mol. The van der Waals surface area contributed by atoms with Crippen molar-refractivity contribution in [3.8, 4) is 17.0 Å². The van der Waals surface area contributed by atoms with Gasteiger partial charge in [-0.2, -0.15) is 0 Å². The maximum Gasteiger partial charge on any atom is 0.255 e. The monoisotopic (exact) mass is 443 g/mol. The molecule has 3 aromatic carbocycles. The van der Waals surface area contributed by atoms with Crippen LogP contribution in [-0.4, -0.2) is 18.0 Å². The Balaban J connectivity index is 1.44. The SMILES string of the molecule is COc1cc(C(=O)Nc2ccc(NCc3ccccc3)cc2)ccc1-c1ncccc1Cl. The third-order valence-corrected chi connectivity index (χ3v) is 5.26. The number of halogens is 1. The lowest BCUT2D eigenvalue weighted by molar-refractivity contribution is 0.102. The normalized spacial score (nSPS) is 10.4. The Morgan fingerprint density at radius 2 is 1.69 bits per heavy atom. The number of methoxy groups -OCH3 is 1. The summed E-state index contributed by atoms with van der Waals surface area (Å²) in [5.41, 5.74) is 4.69. The molecule has 0 saturated heterocycles. The van der Waals surface area contributed by atoms with Crippen molar-refractivity contribution >= 4 is 28.9 Å². The number of ether oxygens (including phenoxy) is 1. The predicted octanol–water partition coefficient (Wildman–Crippen LogP) is 6.28. The maximum atomic E-state index is 12.8. The molecular weight excluding hydrogens is 422 g/mol. The maximum absolute atomic E-state index is 12.8. The van der Waals surface area contributed by atoms with Crippen molar-refractivity contribution in [1.82, 2.24) is 4.98 Å². The molecule has 32 heavy (non-hydrogen) atoms. The van der Waals surface area contributed by atoms with Crippen molar-refractivity contribution in [2.24, 2.45) is 0 Å². The molecule has 0 atom stereocenters. The third-order valence-electron chi connectivity index (χ3n) is 4.96. The summed E-state index contributed by atoms with van der Waals surface area (Å²) in [7, 11) is 1.55. The molecule has 0 spiro atoms. The number of hydrogen-bond acceptors (Lipinski definition) is 4. The molecule has 4 aromatic rings. The van der Waals surface area contributed by atoms with Crippen LogP contribution in [0.25, 0.3) is 11.3 Å². The standard InChI is InChI=1S/C26H22ClN3O2/c1-32-24-16-19(9-14-22(24)25-23(27)8-5-15-28-25)26(31)30-21-12-10-20(11-13-21)29-17-18-6-3-2-4-7-18/h2-16,29H,17H2,1H3,(H,30,31). The molecule has 0 aliphatic rings. The lowest BCUT2D eigenvalue weighted by Gasteiger charge is -2.12. The Morgan fingerprint density at radius 1 is 0.938 bits per heavy atom. The van der Waals surface area contributed by atoms with Gasteiger partial charge in [0.15, 0.2) is 0 Å². The molecule has 0 radical (unpaired) electrons. The van der Waals surface area contributed by atoms with Crippen LogP contribution < -0.4 is 15.4 Å². The van der Waals surface area contributed by atoms with E-state index in [9.17, 15) is 4.79 Å². The van der Waals surface area contributed by atoms with Gasteiger partial charge in [-0.05, 0) is 60.2 Å². The summed E-state index contributed by atoms with van der Waals surface area (Å²) in [6.07, 6.45) is 1.67. The Bertz CT molecular complexity index is 1210. The van der Waals surface area contributed by atoms with Gasteiger partial charge in [-0.3, -0.25) is 9.78 Å². The van der Waals surface area contributed by atoms with Gasteiger partial charge in [0, 0.05) is 35.2 Å². The first-order valence-electron chi connectivity index (χ1n) is 10.1. The zero-order chi connectivity index (χ0) is 22.3. The number of amides is 1. The van der Waals surface area contributed by atoms with Crippen LogP contribution in [0, 0.1) is 0 Å². The van der Waals surface area contributed by atoms with Gasteiger partial charge in [-0.1, -0.05) is 41.9 Å². The molecule has 4 rings (SSSR count). The van der Waals surface area contributed by atoms with Crippen LogP contribution >= 0.6 is 11.6 Å². The summed E-state index contributed by atoms with van der Waals surface area (Å²) < 4.78 is 5.49. The van der Waals surface area contributed by atoms with Gasteiger partial charge in [-0.25, -0.2) is 0 Å². The second-order valence-electron chi connectivity index (χ2n) is 7.12. The average Bonchev–Trinajstić information content (AvgIpc) is 2.84. The molecular formula is C26H22ClN3O2. The largest absolute Gasteiger partial charge is 0.496 e. The smallest absolute Gasteiger partial charge is 0.255 e. The molecule has 0 unspecified atom stereocenters. The zero-order valence-corrected chi connectivity index (χ0v) is 18.3. The fraction of sp³-hybridized carbons (Fsp3) is 0.0769.